The summed E-state index contributed by atoms with van der Waals surface area (Å²) in [5, 5.41) is 8.02. The van der Waals surface area contributed by atoms with E-state index in [0.717, 1.165) is 28.0 Å². The van der Waals surface area contributed by atoms with E-state index in [0.29, 0.717) is 0 Å². The normalized spacial score (nSPS) is 10.8. The highest BCUT2D eigenvalue weighted by atomic mass is 15.1. The van der Waals surface area contributed by atoms with Crippen LogP contribution in [0.25, 0.3) is 22.3 Å². The summed E-state index contributed by atoms with van der Waals surface area (Å²) in [4.78, 5) is 8.64. The smallest absolute Gasteiger partial charge is 0.159 e. The minimum absolute atomic E-state index is 0.747. The topological polar surface area (TPSA) is 54.5 Å². The van der Waals surface area contributed by atoms with Gasteiger partial charge in [0.1, 0.15) is 0 Å². The van der Waals surface area contributed by atoms with E-state index in [-0.39, 0.29) is 0 Å². The van der Waals surface area contributed by atoms with Crippen LogP contribution in [0.3, 0.4) is 0 Å². The zero-order valence-electron chi connectivity index (χ0n) is 8.81. The van der Waals surface area contributed by atoms with Crippen molar-refractivity contribution in [1.82, 2.24) is 20.2 Å². The molecule has 3 rings (SSSR count). The molecule has 2 aromatic heterocycles. The number of H-pyrrole nitrogens is 1. The van der Waals surface area contributed by atoms with E-state index >= 15 is 0 Å². The van der Waals surface area contributed by atoms with Gasteiger partial charge in [-0.05, 0) is 19.1 Å². The van der Waals surface area contributed by atoms with Crippen molar-refractivity contribution in [3.05, 3.63) is 42.4 Å². The first kappa shape index (κ1) is 9.03. The Kier molecular flexibility index (Phi) is 1.93. The van der Waals surface area contributed by atoms with E-state index < -0.39 is 0 Å². The van der Waals surface area contributed by atoms with Crippen LogP contribution in [-0.4, -0.2) is 20.2 Å². The lowest BCUT2D eigenvalue weighted by molar-refractivity contribution is 1.11. The highest BCUT2D eigenvalue weighted by Gasteiger charge is 2.03. The van der Waals surface area contributed by atoms with Crippen molar-refractivity contribution in [3.63, 3.8) is 0 Å². The van der Waals surface area contributed by atoms with Crippen LogP contribution in [0.2, 0.25) is 0 Å². The predicted octanol–water partition coefficient (Wildman–Crippen LogP) is 2.33. The third kappa shape index (κ3) is 1.44. The summed E-state index contributed by atoms with van der Waals surface area (Å²) in [6.45, 7) is 1.96. The zero-order chi connectivity index (χ0) is 11.0. The number of aryl methyl sites for hydroxylation is 1. The van der Waals surface area contributed by atoms with Gasteiger partial charge < -0.3 is 0 Å². The molecule has 78 valence electrons. The number of hydrogen-bond acceptors (Lipinski definition) is 3. The van der Waals surface area contributed by atoms with Crippen molar-refractivity contribution in [2.75, 3.05) is 0 Å². The van der Waals surface area contributed by atoms with Crippen molar-refractivity contribution >= 4 is 10.9 Å². The van der Waals surface area contributed by atoms with Gasteiger partial charge in [0.2, 0.25) is 0 Å². The summed E-state index contributed by atoms with van der Waals surface area (Å²) in [5.74, 6) is 0.747. The lowest BCUT2D eigenvalue weighted by Gasteiger charge is -2.00. The monoisotopic (exact) mass is 210 g/mol. The highest BCUT2D eigenvalue weighted by Crippen LogP contribution is 2.19. The summed E-state index contributed by atoms with van der Waals surface area (Å²) in [6.07, 6.45) is 3.57. The first-order chi connectivity index (χ1) is 7.83. The van der Waals surface area contributed by atoms with E-state index in [1.54, 1.807) is 12.4 Å². The Morgan fingerprint density at radius 1 is 1.19 bits per heavy atom. The molecule has 4 heteroatoms. The summed E-state index contributed by atoms with van der Waals surface area (Å²) in [7, 11) is 0. The SMILES string of the molecule is Cc1ccnc(-c2ccc3cn[nH]c3c2)n1. The molecule has 3 aromatic rings. The van der Waals surface area contributed by atoms with E-state index in [9.17, 15) is 0 Å². The fraction of sp³-hybridized carbons (Fsp3) is 0.0833. The Morgan fingerprint density at radius 2 is 2.12 bits per heavy atom. The van der Waals surface area contributed by atoms with E-state index in [1.807, 2.05) is 31.2 Å². The van der Waals surface area contributed by atoms with Gasteiger partial charge in [0.05, 0.1) is 11.7 Å². The molecule has 0 aliphatic heterocycles. The number of nitrogens with zero attached hydrogens (tertiary/aromatic N) is 3. The van der Waals surface area contributed by atoms with Crippen LogP contribution in [0.5, 0.6) is 0 Å². The standard InChI is InChI=1S/C12H10N4/c1-8-4-5-13-12(15-8)9-2-3-10-7-14-16-11(10)6-9/h2-7H,1H3,(H,14,16). The molecule has 1 N–H and O–H groups in total. The van der Waals surface area contributed by atoms with Crippen LogP contribution in [-0.2, 0) is 0 Å². The molecule has 0 aliphatic carbocycles. The molecule has 0 radical (unpaired) electrons. The molecular weight excluding hydrogens is 200 g/mol. The van der Waals surface area contributed by atoms with Crippen LogP contribution in [0.1, 0.15) is 5.69 Å². The maximum atomic E-state index is 4.39. The zero-order valence-corrected chi connectivity index (χ0v) is 8.81. The second-order valence-electron chi connectivity index (χ2n) is 3.69. The van der Waals surface area contributed by atoms with Crippen molar-refractivity contribution in [2.45, 2.75) is 6.92 Å². The summed E-state index contributed by atoms with van der Waals surface area (Å²) in [6, 6.07) is 7.92. The fourth-order valence-corrected chi connectivity index (χ4v) is 1.66. The molecule has 0 aliphatic rings. The van der Waals surface area contributed by atoms with Gasteiger partial charge in [0, 0.05) is 22.8 Å². The molecule has 4 nitrogen and oxygen atoms in total. The summed E-state index contributed by atoms with van der Waals surface area (Å²) in [5.41, 5.74) is 2.97. The molecular formula is C12H10N4. The van der Waals surface area contributed by atoms with Crippen LogP contribution in [0.4, 0.5) is 0 Å². The van der Waals surface area contributed by atoms with Gasteiger partial charge in [-0.25, -0.2) is 9.97 Å². The van der Waals surface area contributed by atoms with E-state index in [1.165, 1.54) is 0 Å². The maximum absolute atomic E-state index is 4.39. The average molecular weight is 210 g/mol. The third-order valence-electron chi connectivity index (χ3n) is 2.49. The third-order valence-corrected chi connectivity index (χ3v) is 2.49. The van der Waals surface area contributed by atoms with Crippen LogP contribution >= 0.6 is 0 Å². The van der Waals surface area contributed by atoms with Gasteiger partial charge in [0.25, 0.3) is 0 Å². The van der Waals surface area contributed by atoms with Gasteiger partial charge in [-0.3, -0.25) is 5.10 Å². The van der Waals surface area contributed by atoms with Crippen molar-refractivity contribution < 1.29 is 0 Å². The van der Waals surface area contributed by atoms with Crippen molar-refractivity contribution in [3.8, 4) is 11.4 Å². The second-order valence-corrected chi connectivity index (χ2v) is 3.69. The Hall–Kier alpha value is -2.23. The number of aromatic amines is 1. The Morgan fingerprint density at radius 3 is 3.00 bits per heavy atom. The lowest BCUT2D eigenvalue weighted by Crippen LogP contribution is -1.90. The molecule has 0 bridgehead atoms. The lowest BCUT2D eigenvalue weighted by atomic mass is 10.1. The maximum Gasteiger partial charge on any atom is 0.159 e. The largest absolute Gasteiger partial charge is 0.278 e. The number of nitrogens with one attached hydrogen (secondary N) is 1. The average Bonchev–Trinajstić information content (AvgIpc) is 2.75. The van der Waals surface area contributed by atoms with Gasteiger partial charge in [0.15, 0.2) is 5.82 Å². The molecule has 16 heavy (non-hydrogen) atoms. The fourth-order valence-electron chi connectivity index (χ4n) is 1.66. The van der Waals surface area contributed by atoms with Crippen LogP contribution in [0.15, 0.2) is 36.7 Å². The van der Waals surface area contributed by atoms with Crippen LogP contribution in [0, 0.1) is 6.92 Å². The van der Waals surface area contributed by atoms with E-state index in [4.69, 9.17) is 0 Å². The molecule has 0 spiro atoms. The number of hydrogen-bond donors (Lipinski definition) is 1. The van der Waals surface area contributed by atoms with Gasteiger partial charge in [-0.2, -0.15) is 5.10 Å². The molecule has 1 aromatic carbocycles. The molecule has 0 saturated carbocycles. The van der Waals surface area contributed by atoms with Crippen molar-refractivity contribution in [1.29, 1.82) is 0 Å². The first-order valence-corrected chi connectivity index (χ1v) is 5.06. The molecule has 0 amide bonds. The second kappa shape index (κ2) is 3.41. The number of benzene rings is 1. The first-order valence-electron chi connectivity index (χ1n) is 5.06. The number of fused-ring (bicyclic) bond motifs is 1. The number of aromatic nitrogens is 4. The molecule has 0 unspecified atom stereocenters. The quantitative estimate of drug-likeness (QED) is 0.670. The molecule has 0 saturated heterocycles. The predicted molar refractivity (Wildman–Crippen MR) is 61.9 cm³/mol. The minimum atomic E-state index is 0.747. The Bertz CT molecular complexity index is 642. The van der Waals surface area contributed by atoms with Crippen LogP contribution < -0.4 is 0 Å². The Labute approximate surface area is 92.4 Å². The van der Waals surface area contributed by atoms with Gasteiger partial charge in [-0.15, -0.1) is 0 Å². The highest BCUT2D eigenvalue weighted by molar-refractivity contribution is 5.82. The van der Waals surface area contributed by atoms with Gasteiger partial charge in [-0.1, -0.05) is 12.1 Å². The molecule has 0 fully saturated rings. The number of rotatable bonds is 1. The molecule has 2 heterocycles. The Balaban J connectivity index is 2.18. The summed E-state index contributed by atoms with van der Waals surface area (Å²) >= 11 is 0. The van der Waals surface area contributed by atoms with Crippen molar-refractivity contribution in [2.24, 2.45) is 0 Å². The summed E-state index contributed by atoms with van der Waals surface area (Å²) < 4.78 is 0. The van der Waals surface area contributed by atoms with E-state index in [2.05, 4.69) is 20.2 Å². The molecule has 0 atom stereocenters. The van der Waals surface area contributed by atoms with Gasteiger partial charge >= 0.3 is 0 Å². The minimum Gasteiger partial charge on any atom is -0.278 e.